The van der Waals surface area contributed by atoms with Crippen LogP contribution < -0.4 is 16.0 Å². The molecule has 4 unspecified atom stereocenters. The van der Waals surface area contributed by atoms with Crippen LogP contribution in [0.1, 0.15) is 47.0 Å². The molecule has 0 bridgehead atoms. The van der Waals surface area contributed by atoms with Crippen molar-refractivity contribution < 1.29 is 14.4 Å². The summed E-state index contributed by atoms with van der Waals surface area (Å²) in [5.41, 5.74) is -0.786. The number of allylic oxidation sites excluding steroid dienone is 1. The number of nitrogens with one attached hydrogen (secondary N) is 3. The minimum Gasteiger partial charge on any atom is -0.333 e. The molecule has 2 saturated heterocycles. The fourth-order valence-electron chi connectivity index (χ4n) is 5.44. The number of rotatable bonds is 4. The number of piperidine rings is 1. The molecule has 3 fully saturated rings. The van der Waals surface area contributed by atoms with Crippen LogP contribution in [0.2, 0.25) is 0 Å². The molecule has 0 aromatic rings. The zero-order valence-corrected chi connectivity index (χ0v) is 14.9. The molecule has 24 heavy (non-hydrogen) atoms. The smallest absolute Gasteiger partial charge is 0.321 e. The second-order valence-electron chi connectivity index (χ2n) is 8.45. The largest absolute Gasteiger partial charge is 0.333 e. The number of imide groups is 1. The Hall–Kier alpha value is -1.85. The van der Waals surface area contributed by atoms with Crippen molar-refractivity contribution in [3.8, 4) is 0 Å². The standard InChI is InChI=1S/C18H27N3O3/c1-9(2)7-17-12(6-11(5)19-14(17)22)18(8-10(3)4)13(17)20-16(24)21-15(18)23/h9-10,12-13H,5-8H2,1-4H3,(H,19,22)(H2,20,21,23,24). The lowest BCUT2D eigenvalue weighted by Gasteiger charge is -2.70. The Morgan fingerprint density at radius 2 is 1.50 bits per heavy atom. The fraction of sp³-hybridized carbons (Fsp3) is 0.722. The van der Waals surface area contributed by atoms with Crippen LogP contribution >= 0.6 is 0 Å². The van der Waals surface area contributed by atoms with Crippen LogP contribution in [0.15, 0.2) is 12.3 Å². The van der Waals surface area contributed by atoms with Gasteiger partial charge in [-0.15, -0.1) is 0 Å². The summed E-state index contributed by atoms with van der Waals surface area (Å²) in [7, 11) is 0. The lowest BCUT2D eigenvalue weighted by atomic mass is 9.36. The normalized spacial score (nSPS) is 38.1. The van der Waals surface area contributed by atoms with E-state index in [2.05, 4.69) is 50.2 Å². The van der Waals surface area contributed by atoms with Gasteiger partial charge in [-0.3, -0.25) is 14.9 Å². The first-order valence-electron chi connectivity index (χ1n) is 8.75. The molecular weight excluding hydrogens is 306 g/mol. The minimum atomic E-state index is -0.725. The van der Waals surface area contributed by atoms with Crippen LogP contribution in [0.3, 0.4) is 0 Å². The Morgan fingerprint density at radius 1 is 1.00 bits per heavy atom. The average molecular weight is 333 g/mol. The van der Waals surface area contributed by atoms with Crippen LogP contribution in [-0.2, 0) is 9.59 Å². The Morgan fingerprint density at radius 3 is 2.00 bits per heavy atom. The van der Waals surface area contributed by atoms with E-state index in [0.29, 0.717) is 25.0 Å². The predicted octanol–water partition coefficient (Wildman–Crippen LogP) is 1.92. The van der Waals surface area contributed by atoms with Crippen molar-refractivity contribution in [2.75, 3.05) is 0 Å². The van der Waals surface area contributed by atoms with Gasteiger partial charge in [0.25, 0.3) is 0 Å². The summed E-state index contributed by atoms with van der Waals surface area (Å²) in [6.07, 6.45) is 1.88. The molecule has 6 heteroatoms. The van der Waals surface area contributed by atoms with Gasteiger partial charge in [0, 0.05) is 5.70 Å². The highest BCUT2D eigenvalue weighted by molar-refractivity contribution is 6.05. The maximum absolute atomic E-state index is 13.0. The van der Waals surface area contributed by atoms with Crippen molar-refractivity contribution in [2.24, 2.45) is 28.6 Å². The highest BCUT2D eigenvalue weighted by atomic mass is 16.2. The summed E-state index contributed by atoms with van der Waals surface area (Å²) in [6.45, 7) is 12.2. The van der Waals surface area contributed by atoms with Gasteiger partial charge in [-0.2, -0.15) is 0 Å². The number of urea groups is 1. The average Bonchev–Trinajstić information content (AvgIpc) is 2.44. The quantitative estimate of drug-likeness (QED) is 0.734. The third-order valence-electron chi connectivity index (χ3n) is 5.85. The molecule has 3 rings (SSSR count). The van der Waals surface area contributed by atoms with Crippen LogP contribution in [0.25, 0.3) is 0 Å². The van der Waals surface area contributed by atoms with Gasteiger partial charge < -0.3 is 10.6 Å². The maximum atomic E-state index is 13.0. The summed E-state index contributed by atoms with van der Waals surface area (Å²) < 4.78 is 0. The van der Waals surface area contributed by atoms with E-state index < -0.39 is 22.9 Å². The number of hydrogen-bond acceptors (Lipinski definition) is 3. The van der Waals surface area contributed by atoms with Gasteiger partial charge in [0.1, 0.15) is 0 Å². The SMILES string of the molecule is C=C1CC2C(CC(C)C)(C(=O)N1)C1NC(=O)NC(=O)C21CC(C)C. The van der Waals surface area contributed by atoms with Gasteiger partial charge in [0.2, 0.25) is 11.8 Å². The minimum absolute atomic E-state index is 0.100. The van der Waals surface area contributed by atoms with Crippen molar-refractivity contribution in [1.82, 2.24) is 16.0 Å². The first-order chi connectivity index (χ1) is 11.1. The number of carbonyl (C=O) groups is 3. The fourth-order valence-corrected chi connectivity index (χ4v) is 5.44. The molecule has 1 saturated carbocycles. The Kier molecular flexibility index (Phi) is 3.77. The molecule has 132 valence electrons. The van der Waals surface area contributed by atoms with E-state index in [4.69, 9.17) is 0 Å². The maximum Gasteiger partial charge on any atom is 0.321 e. The van der Waals surface area contributed by atoms with Crippen molar-refractivity contribution >= 4 is 17.8 Å². The molecule has 6 nitrogen and oxygen atoms in total. The van der Waals surface area contributed by atoms with E-state index in [1.165, 1.54) is 0 Å². The summed E-state index contributed by atoms with van der Waals surface area (Å²) in [5.74, 6) is 0.0995. The zero-order chi connectivity index (χ0) is 17.9. The Bertz CT molecular complexity index is 561. The number of amides is 4. The first-order valence-corrected chi connectivity index (χ1v) is 8.75. The molecule has 0 aromatic heterocycles. The van der Waals surface area contributed by atoms with E-state index in [9.17, 15) is 14.4 Å². The van der Waals surface area contributed by atoms with Crippen LogP contribution in [0.4, 0.5) is 4.79 Å². The molecule has 3 N–H and O–H groups in total. The van der Waals surface area contributed by atoms with Gasteiger partial charge in [0.05, 0.1) is 16.9 Å². The molecule has 0 aromatic carbocycles. The van der Waals surface area contributed by atoms with Crippen LogP contribution in [0, 0.1) is 28.6 Å². The van der Waals surface area contributed by atoms with Crippen molar-refractivity contribution in [2.45, 2.75) is 53.0 Å². The van der Waals surface area contributed by atoms with E-state index in [-0.39, 0.29) is 29.6 Å². The second kappa shape index (κ2) is 5.33. The summed E-state index contributed by atoms with van der Waals surface area (Å²) in [6, 6.07) is -0.947. The monoisotopic (exact) mass is 333 g/mol. The molecular formula is C18H27N3O3. The highest BCUT2D eigenvalue weighted by Crippen LogP contribution is 2.68. The summed E-state index contributed by atoms with van der Waals surface area (Å²) in [4.78, 5) is 37.8. The first kappa shape index (κ1) is 17.0. The van der Waals surface area contributed by atoms with Gasteiger partial charge >= 0.3 is 6.03 Å². The van der Waals surface area contributed by atoms with Gasteiger partial charge in [0.15, 0.2) is 0 Å². The van der Waals surface area contributed by atoms with Gasteiger partial charge in [-0.25, -0.2) is 4.79 Å². The molecule has 1 aliphatic carbocycles. The van der Waals surface area contributed by atoms with Crippen molar-refractivity contribution in [1.29, 1.82) is 0 Å². The van der Waals surface area contributed by atoms with Crippen molar-refractivity contribution in [3.05, 3.63) is 12.3 Å². The predicted molar refractivity (Wildman–Crippen MR) is 89.6 cm³/mol. The highest BCUT2D eigenvalue weighted by Gasteiger charge is 2.78. The molecule has 0 radical (unpaired) electrons. The Labute approximate surface area is 142 Å². The molecule has 4 amide bonds. The van der Waals surface area contributed by atoms with E-state index in [1.54, 1.807) is 0 Å². The van der Waals surface area contributed by atoms with Gasteiger partial charge in [-0.05, 0) is 37.0 Å². The molecule has 2 aliphatic heterocycles. The lowest BCUT2D eigenvalue weighted by Crippen LogP contribution is -2.86. The number of carbonyl (C=O) groups excluding carboxylic acids is 3. The van der Waals surface area contributed by atoms with E-state index in [0.717, 1.165) is 0 Å². The molecule has 3 aliphatic rings. The van der Waals surface area contributed by atoms with E-state index >= 15 is 0 Å². The topological polar surface area (TPSA) is 87.3 Å². The number of fused-ring (bicyclic) bond motifs is 4. The lowest BCUT2D eigenvalue weighted by molar-refractivity contribution is -0.205. The van der Waals surface area contributed by atoms with Crippen molar-refractivity contribution in [3.63, 3.8) is 0 Å². The summed E-state index contributed by atoms with van der Waals surface area (Å²) in [5, 5.41) is 8.24. The third-order valence-corrected chi connectivity index (χ3v) is 5.85. The number of hydrogen-bond donors (Lipinski definition) is 3. The van der Waals surface area contributed by atoms with Gasteiger partial charge in [-0.1, -0.05) is 34.3 Å². The second-order valence-corrected chi connectivity index (χ2v) is 8.45. The molecule has 2 heterocycles. The molecule has 0 spiro atoms. The molecule has 4 atom stereocenters. The zero-order valence-electron chi connectivity index (χ0n) is 14.9. The van der Waals surface area contributed by atoms with E-state index in [1.807, 2.05) is 0 Å². The van der Waals surface area contributed by atoms with Crippen LogP contribution in [-0.4, -0.2) is 23.9 Å². The Balaban J connectivity index is 2.12. The third kappa shape index (κ3) is 2.04. The summed E-state index contributed by atoms with van der Waals surface area (Å²) >= 11 is 0. The van der Waals surface area contributed by atoms with Crippen LogP contribution in [0.5, 0.6) is 0 Å².